The average Bonchev–Trinajstić information content (AvgIpc) is 1.76. The fourth-order valence-electron chi connectivity index (χ4n) is 0.722. The van der Waals surface area contributed by atoms with Crippen LogP contribution in [0, 0.1) is 6.42 Å². The summed E-state index contributed by atoms with van der Waals surface area (Å²) in [4.78, 5) is 0. The van der Waals surface area contributed by atoms with Gasteiger partial charge in [0.05, 0.1) is 0 Å². The normalized spacial score (nSPS) is 20.0. The molecule has 0 heterocycles. The van der Waals surface area contributed by atoms with Crippen LogP contribution in [-0.2, 0) is 21.7 Å². The van der Waals surface area contributed by atoms with Gasteiger partial charge in [-0.15, -0.1) is 0 Å². The molecule has 1 heteroatoms. The molecule has 0 unspecified atom stereocenters. The van der Waals surface area contributed by atoms with Gasteiger partial charge in [-0.1, -0.05) is 25.7 Å². The van der Waals surface area contributed by atoms with E-state index in [4.69, 9.17) is 0 Å². The molecular formula is C5H9Ti. The van der Waals surface area contributed by atoms with E-state index in [0.717, 1.165) is 0 Å². The average molecular weight is 117 g/mol. The summed E-state index contributed by atoms with van der Waals surface area (Å²) >= 11 is 0. The van der Waals surface area contributed by atoms with Gasteiger partial charge in [-0.3, -0.25) is 0 Å². The topological polar surface area (TPSA) is 0 Å². The third kappa shape index (κ3) is 1.99. The zero-order chi connectivity index (χ0) is 3.54. The Bertz CT molecular complexity index is 15.5. The van der Waals surface area contributed by atoms with Crippen LogP contribution in [0.15, 0.2) is 0 Å². The van der Waals surface area contributed by atoms with Crippen LogP contribution in [0.3, 0.4) is 0 Å². The first kappa shape index (κ1) is 6.71. The molecule has 0 aromatic carbocycles. The Hall–Kier alpha value is 0.714. The number of hydrogen-bond donors (Lipinski definition) is 0. The van der Waals surface area contributed by atoms with E-state index in [1.54, 1.807) is 0 Å². The second-order valence-electron chi connectivity index (χ2n) is 1.57. The van der Waals surface area contributed by atoms with E-state index in [0.29, 0.717) is 0 Å². The van der Waals surface area contributed by atoms with Crippen LogP contribution >= 0.6 is 0 Å². The van der Waals surface area contributed by atoms with Crippen molar-refractivity contribution in [2.75, 3.05) is 0 Å². The van der Waals surface area contributed by atoms with Crippen molar-refractivity contribution in [3.8, 4) is 0 Å². The minimum Gasteiger partial charge on any atom is -0.0530 e. The van der Waals surface area contributed by atoms with Crippen molar-refractivity contribution in [1.82, 2.24) is 0 Å². The summed E-state index contributed by atoms with van der Waals surface area (Å²) in [6.07, 6.45) is 8.00. The van der Waals surface area contributed by atoms with Crippen molar-refractivity contribution in [3.05, 3.63) is 6.42 Å². The van der Waals surface area contributed by atoms with Gasteiger partial charge >= 0.3 is 0 Å². The van der Waals surface area contributed by atoms with Gasteiger partial charge in [-0.2, -0.15) is 0 Å². The van der Waals surface area contributed by atoms with Gasteiger partial charge in [0.2, 0.25) is 0 Å². The zero-order valence-electron chi connectivity index (χ0n) is 3.91. The van der Waals surface area contributed by atoms with Gasteiger partial charge in [-0.25, -0.2) is 0 Å². The van der Waals surface area contributed by atoms with Crippen LogP contribution in [0.2, 0.25) is 0 Å². The molecule has 1 aliphatic rings. The molecule has 1 aliphatic carbocycles. The van der Waals surface area contributed by atoms with Crippen molar-refractivity contribution >= 4 is 0 Å². The quantitative estimate of drug-likeness (QED) is 0.424. The van der Waals surface area contributed by atoms with Gasteiger partial charge in [0.25, 0.3) is 0 Å². The van der Waals surface area contributed by atoms with Crippen LogP contribution in [0.25, 0.3) is 0 Å². The summed E-state index contributed by atoms with van der Waals surface area (Å²) in [5.74, 6) is 0. The molecule has 0 aliphatic heterocycles. The van der Waals surface area contributed by atoms with Gasteiger partial charge in [0, 0.05) is 21.7 Å². The predicted molar refractivity (Wildman–Crippen MR) is 22.8 cm³/mol. The Balaban J connectivity index is 0.000000250. The van der Waals surface area contributed by atoms with Gasteiger partial charge < -0.3 is 0 Å². The third-order valence-electron chi connectivity index (χ3n) is 1.07. The monoisotopic (exact) mass is 117 g/mol. The van der Waals surface area contributed by atoms with Crippen molar-refractivity contribution in [2.45, 2.75) is 25.7 Å². The molecule has 1 fully saturated rings. The molecule has 1 radical (unpaired) electrons. The second kappa shape index (κ2) is 3.89. The van der Waals surface area contributed by atoms with E-state index in [-0.39, 0.29) is 21.7 Å². The van der Waals surface area contributed by atoms with Gasteiger partial charge in [-0.05, 0) is 6.42 Å². The van der Waals surface area contributed by atoms with E-state index in [1.165, 1.54) is 25.7 Å². The maximum Gasteiger partial charge on any atom is 0 e. The summed E-state index contributed by atoms with van der Waals surface area (Å²) in [7, 11) is 0. The molecule has 33 valence electrons. The smallest absolute Gasteiger partial charge is 0 e. The Morgan fingerprint density at radius 3 is 1.67 bits per heavy atom. The molecule has 0 nitrogen and oxygen atoms in total. The molecule has 0 saturated heterocycles. The van der Waals surface area contributed by atoms with E-state index >= 15 is 0 Å². The first-order valence-electron chi connectivity index (χ1n) is 2.32. The maximum absolute atomic E-state index is 2.36. The Morgan fingerprint density at radius 2 is 1.50 bits per heavy atom. The summed E-state index contributed by atoms with van der Waals surface area (Å²) in [6, 6.07) is 0. The summed E-state index contributed by atoms with van der Waals surface area (Å²) in [5, 5.41) is 0. The maximum atomic E-state index is 2.36. The van der Waals surface area contributed by atoms with E-state index in [9.17, 15) is 0 Å². The molecule has 0 N–H and O–H groups in total. The molecule has 0 bridgehead atoms. The molecule has 0 aromatic heterocycles. The van der Waals surface area contributed by atoms with Gasteiger partial charge in [0.1, 0.15) is 0 Å². The van der Waals surface area contributed by atoms with Crippen LogP contribution in [0.4, 0.5) is 0 Å². The number of rotatable bonds is 0. The van der Waals surface area contributed by atoms with Crippen molar-refractivity contribution in [2.24, 2.45) is 0 Å². The molecule has 0 spiro atoms. The first-order valence-corrected chi connectivity index (χ1v) is 2.32. The fraction of sp³-hybridized carbons (Fsp3) is 0.800. The Morgan fingerprint density at radius 1 is 1.00 bits per heavy atom. The van der Waals surface area contributed by atoms with Crippen molar-refractivity contribution in [3.63, 3.8) is 0 Å². The molecule has 6 heavy (non-hydrogen) atoms. The second-order valence-corrected chi connectivity index (χ2v) is 1.57. The summed E-state index contributed by atoms with van der Waals surface area (Å²) in [6.45, 7) is 0. The van der Waals surface area contributed by atoms with Crippen LogP contribution < -0.4 is 0 Å². The van der Waals surface area contributed by atoms with E-state index in [1.807, 2.05) is 0 Å². The van der Waals surface area contributed by atoms with Gasteiger partial charge in [0.15, 0.2) is 0 Å². The first-order chi connectivity index (χ1) is 2.50. The van der Waals surface area contributed by atoms with E-state index in [2.05, 4.69) is 6.42 Å². The fourth-order valence-corrected chi connectivity index (χ4v) is 0.722. The summed E-state index contributed by atoms with van der Waals surface area (Å²) in [5.41, 5.74) is 0. The Kier molecular flexibility index (Phi) is 4.35. The van der Waals surface area contributed by atoms with Crippen molar-refractivity contribution < 1.29 is 21.7 Å². The van der Waals surface area contributed by atoms with Crippen molar-refractivity contribution in [1.29, 1.82) is 0 Å². The molecule has 1 saturated carbocycles. The van der Waals surface area contributed by atoms with Crippen LogP contribution in [-0.4, -0.2) is 0 Å². The minimum absolute atomic E-state index is 0. The molecule has 0 aromatic rings. The third-order valence-corrected chi connectivity index (χ3v) is 1.07. The molecule has 0 amide bonds. The Labute approximate surface area is 54.2 Å². The SMILES string of the molecule is [CH]1CCCC1.[Ti]. The van der Waals surface area contributed by atoms with E-state index < -0.39 is 0 Å². The standard InChI is InChI=1S/C5H9.Ti/c1-2-4-5-3-1;/h1H,2-5H2;. The minimum atomic E-state index is 0. The largest absolute Gasteiger partial charge is 0.0530 e. The summed E-state index contributed by atoms with van der Waals surface area (Å²) < 4.78 is 0. The van der Waals surface area contributed by atoms with Crippen LogP contribution in [0.5, 0.6) is 0 Å². The molecule has 1 rings (SSSR count). The zero-order valence-corrected chi connectivity index (χ0v) is 5.47. The molecule has 0 atom stereocenters. The number of hydrogen-bond acceptors (Lipinski definition) is 0. The molecular weight excluding hydrogens is 108 g/mol. The van der Waals surface area contributed by atoms with Crippen LogP contribution in [0.1, 0.15) is 25.7 Å². The predicted octanol–water partition coefficient (Wildman–Crippen LogP) is 1.76.